The molecule has 3 rings (SSSR count). The number of fused-ring (bicyclic) bond motifs is 1. The van der Waals surface area contributed by atoms with Gasteiger partial charge in [-0.3, -0.25) is 4.57 Å². The lowest BCUT2D eigenvalue weighted by atomic mass is 10.1. The summed E-state index contributed by atoms with van der Waals surface area (Å²) in [6.45, 7) is 1.74. The highest BCUT2D eigenvalue weighted by molar-refractivity contribution is 5.77. The van der Waals surface area contributed by atoms with Crippen LogP contribution < -0.4 is 4.74 Å². The van der Waals surface area contributed by atoms with E-state index in [0.717, 1.165) is 22.3 Å². The molecule has 0 unspecified atom stereocenters. The van der Waals surface area contributed by atoms with Crippen LogP contribution in [0.2, 0.25) is 0 Å². The van der Waals surface area contributed by atoms with E-state index in [1.807, 2.05) is 47.0 Å². The van der Waals surface area contributed by atoms with Gasteiger partial charge in [0.05, 0.1) is 29.9 Å². The molecule has 1 heterocycles. The van der Waals surface area contributed by atoms with Gasteiger partial charge in [0.2, 0.25) is 0 Å². The summed E-state index contributed by atoms with van der Waals surface area (Å²) in [4.78, 5) is 4.39. The van der Waals surface area contributed by atoms with Gasteiger partial charge in [-0.05, 0) is 31.2 Å². The Kier molecular flexibility index (Phi) is 3.16. The van der Waals surface area contributed by atoms with Gasteiger partial charge in [0.15, 0.2) is 0 Å². The van der Waals surface area contributed by atoms with Gasteiger partial charge in [-0.15, -0.1) is 0 Å². The number of nitrogens with zero attached hydrogens (tertiary/aromatic N) is 2. The average molecular weight is 268 g/mol. The van der Waals surface area contributed by atoms with Gasteiger partial charge in [0, 0.05) is 5.56 Å². The van der Waals surface area contributed by atoms with Crippen LogP contribution in [0.1, 0.15) is 18.6 Å². The number of ether oxygens (including phenoxy) is 1. The third-order valence-corrected chi connectivity index (χ3v) is 3.39. The van der Waals surface area contributed by atoms with Crippen LogP contribution in [0.15, 0.2) is 48.8 Å². The van der Waals surface area contributed by atoms with Gasteiger partial charge in [-0.2, -0.15) is 0 Å². The Bertz CT molecular complexity index is 747. The van der Waals surface area contributed by atoms with E-state index >= 15 is 0 Å². The normalized spacial score (nSPS) is 12.6. The van der Waals surface area contributed by atoms with Crippen LogP contribution in [0, 0.1) is 0 Å². The van der Waals surface area contributed by atoms with Crippen LogP contribution in [0.4, 0.5) is 0 Å². The zero-order valence-corrected chi connectivity index (χ0v) is 11.4. The Morgan fingerprint density at radius 1 is 1.15 bits per heavy atom. The predicted molar refractivity (Wildman–Crippen MR) is 78.3 cm³/mol. The Morgan fingerprint density at radius 3 is 2.70 bits per heavy atom. The second-order valence-electron chi connectivity index (χ2n) is 4.67. The molecule has 1 atom stereocenters. The number of aliphatic hydroxyl groups is 1. The van der Waals surface area contributed by atoms with Gasteiger partial charge in [0.25, 0.3) is 0 Å². The maximum atomic E-state index is 10.1. The second kappa shape index (κ2) is 4.98. The van der Waals surface area contributed by atoms with Crippen LogP contribution in [0.3, 0.4) is 0 Å². The van der Waals surface area contributed by atoms with Crippen LogP contribution in [0.5, 0.6) is 5.75 Å². The van der Waals surface area contributed by atoms with E-state index in [2.05, 4.69) is 4.98 Å². The van der Waals surface area contributed by atoms with Gasteiger partial charge in [0.1, 0.15) is 12.1 Å². The highest BCUT2D eigenvalue weighted by Gasteiger charge is 2.16. The summed E-state index contributed by atoms with van der Waals surface area (Å²) in [6.07, 6.45) is 1.15. The third-order valence-electron chi connectivity index (χ3n) is 3.39. The molecule has 4 heteroatoms. The van der Waals surface area contributed by atoms with Crippen LogP contribution in [-0.4, -0.2) is 21.8 Å². The minimum atomic E-state index is -0.623. The molecule has 2 aromatic carbocycles. The zero-order chi connectivity index (χ0) is 14.1. The van der Waals surface area contributed by atoms with E-state index in [-0.39, 0.29) is 0 Å². The minimum absolute atomic E-state index is 0.623. The molecule has 0 fully saturated rings. The van der Waals surface area contributed by atoms with Gasteiger partial charge < -0.3 is 9.84 Å². The Labute approximate surface area is 117 Å². The van der Waals surface area contributed by atoms with Gasteiger partial charge >= 0.3 is 0 Å². The maximum absolute atomic E-state index is 10.1. The topological polar surface area (TPSA) is 47.3 Å². The summed E-state index contributed by atoms with van der Waals surface area (Å²) in [5.41, 5.74) is 3.57. The molecule has 0 aliphatic rings. The molecule has 0 amide bonds. The number of benzene rings is 2. The SMILES string of the molecule is COc1cccc(-n2cnc3ccccc32)c1[C@H](C)O. The van der Waals surface area contributed by atoms with Crippen LogP contribution in [0.25, 0.3) is 16.7 Å². The highest BCUT2D eigenvalue weighted by Crippen LogP contribution is 2.32. The van der Waals surface area contributed by atoms with E-state index in [1.54, 1.807) is 20.4 Å². The van der Waals surface area contributed by atoms with Crippen molar-refractivity contribution < 1.29 is 9.84 Å². The molecule has 0 aliphatic heterocycles. The quantitative estimate of drug-likeness (QED) is 0.794. The fourth-order valence-corrected chi connectivity index (χ4v) is 2.49. The maximum Gasteiger partial charge on any atom is 0.126 e. The van der Waals surface area contributed by atoms with Crippen molar-refractivity contribution in [2.75, 3.05) is 7.11 Å². The van der Waals surface area contributed by atoms with Crippen molar-refractivity contribution >= 4 is 11.0 Å². The third kappa shape index (κ3) is 1.94. The monoisotopic (exact) mass is 268 g/mol. The molecule has 1 aromatic heterocycles. The Morgan fingerprint density at radius 2 is 1.95 bits per heavy atom. The predicted octanol–water partition coefficient (Wildman–Crippen LogP) is 3.09. The van der Waals surface area contributed by atoms with Crippen LogP contribution >= 0.6 is 0 Å². The molecule has 20 heavy (non-hydrogen) atoms. The van der Waals surface area contributed by atoms with Crippen molar-refractivity contribution in [2.45, 2.75) is 13.0 Å². The molecule has 1 N–H and O–H groups in total. The molecular weight excluding hydrogens is 252 g/mol. The molecule has 0 spiro atoms. The van der Waals surface area contributed by atoms with Crippen molar-refractivity contribution in [3.05, 3.63) is 54.4 Å². The number of para-hydroxylation sites is 2. The lowest BCUT2D eigenvalue weighted by Gasteiger charge is -2.17. The number of hydrogen-bond acceptors (Lipinski definition) is 3. The van der Waals surface area contributed by atoms with E-state index in [0.29, 0.717) is 5.75 Å². The molecule has 102 valence electrons. The van der Waals surface area contributed by atoms with Crippen molar-refractivity contribution in [3.63, 3.8) is 0 Å². The fourth-order valence-electron chi connectivity index (χ4n) is 2.49. The van der Waals surface area contributed by atoms with E-state index in [4.69, 9.17) is 4.74 Å². The average Bonchev–Trinajstić information content (AvgIpc) is 2.90. The van der Waals surface area contributed by atoms with Crippen molar-refractivity contribution in [1.82, 2.24) is 9.55 Å². The summed E-state index contributed by atoms with van der Waals surface area (Å²) >= 11 is 0. The first kappa shape index (κ1) is 12.7. The Balaban J connectivity index is 2.29. The number of aliphatic hydroxyl groups excluding tert-OH is 1. The first-order chi connectivity index (χ1) is 9.72. The minimum Gasteiger partial charge on any atom is -0.496 e. The first-order valence-electron chi connectivity index (χ1n) is 6.50. The first-order valence-corrected chi connectivity index (χ1v) is 6.50. The highest BCUT2D eigenvalue weighted by atomic mass is 16.5. The lowest BCUT2D eigenvalue weighted by Crippen LogP contribution is -2.04. The molecule has 0 aliphatic carbocycles. The van der Waals surface area contributed by atoms with Gasteiger partial charge in [-0.25, -0.2) is 4.98 Å². The van der Waals surface area contributed by atoms with Crippen molar-refractivity contribution in [1.29, 1.82) is 0 Å². The van der Waals surface area contributed by atoms with Gasteiger partial charge in [-0.1, -0.05) is 18.2 Å². The molecule has 0 radical (unpaired) electrons. The largest absolute Gasteiger partial charge is 0.496 e. The standard InChI is InChI=1S/C16H16N2O2/c1-11(19)16-14(8-5-9-15(16)20-2)18-10-17-12-6-3-4-7-13(12)18/h3-11,19H,1-2H3/t11-/m0/s1. The van der Waals surface area contributed by atoms with E-state index in [9.17, 15) is 5.11 Å². The summed E-state index contributed by atoms with van der Waals surface area (Å²) in [5.74, 6) is 0.676. The number of imidazole rings is 1. The summed E-state index contributed by atoms with van der Waals surface area (Å²) < 4.78 is 7.34. The summed E-state index contributed by atoms with van der Waals surface area (Å²) in [7, 11) is 1.61. The van der Waals surface area contributed by atoms with E-state index < -0.39 is 6.10 Å². The number of rotatable bonds is 3. The van der Waals surface area contributed by atoms with Crippen LogP contribution in [-0.2, 0) is 0 Å². The second-order valence-corrected chi connectivity index (χ2v) is 4.67. The molecule has 4 nitrogen and oxygen atoms in total. The molecular formula is C16H16N2O2. The van der Waals surface area contributed by atoms with Crippen molar-refractivity contribution in [2.24, 2.45) is 0 Å². The Hall–Kier alpha value is -2.33. The van der Waals surface area contributed by atoms with Crippen molar-refractivity contribution in [3.8, 4) is 11.4 Å². The fraction of sp³-hybridized carbons (Fsp3) is 0.188. The molecule has 0 saturated heterocycles. The van der Waals surface area contributed by atoms with E-state index in [1.165, 1.54) is 0 Å². The molecule has 0 bridgehead atoms. The molecule has 0 saturated carbocycles. The molecule has 3 aromatic rings. The number of aromatic nitrogens is 2. The summed E-state index contributed by atoms with van der Waals surface area (Å²) in [6, 6.07) is 13.6. The number of hydrogen-bond donors (Lipinski definition) is 1. The zero-order valence-electron chi connectivity index (χ0n) is 11.4. The number of methoxy groups -OCH3 is 1. The smallest absolute Gasteiger partial charge is 0.126 e. The summed E-state index contributed by atoms with van der Waals surface area (Å²) in [5, 5.41) is 10.1. The lowest BCUT2D eigenvalue weighted by molar-refractivity contribution is 0.194.